The number of hydrogen-bond donors (Lipinski definition) is 1. The van der Waals surface area contributed by atoms with Crippen molar-refractivity contribution in [2.24, 2.45) is 0 Å². The van der Waals surface area contributed by atoms with E-state index in [0.717, 1.165) is 39.2 Å². The Bertz CT molecular complexity index is 853. The van der Waals surface area contributed by atoms with Crippen LogP contribution in [-0.2, 0) is 0 Å². The number of furan rings is 1. The minimum absolute atomic E-state index is 0.787. The lowest BCUT2D eigenvalue weighted by Gasteiger charge is -1.91. The maximum atomic E-state index is 5.92. The third kappa shape index (κ3) is 1.48. The van der Waals surface area contributed by atoms with E-state index in [1.807, 2.05) is 42.5 Å². The lowest BCUT2D eigenvalue weighted by molar-refractivity contribution is 0.624. The normalized spacial score (nSPS) is 11.4. The van der Waals surface area contributed by atoms with Gasteiger partial charge < -0.3 is 9.40 Å². The number of H-pyrrole nitrogens is 1. The Labute approximate surface area is 109 Å². The number of rotatable bonds is 1. The molecule has 19 heavy (non-hydrogen) atoms. The smallest absolute Gasteiger partial charge is 0.174 e. The fourth-order valence-electron chi connectivity index (χ4n) is 2.46. The van der Waals surface area contributed by atoms with Gasteiger partial charge >= 0.3 is 0 Å². The molecular weight excluding hydrogens is 236 g/mol. The summed E-state index contributed by atoms with van der Waals surface area (Å²) in [5.74, 6) is 1.60. The molecule has 0 spiro atoms. The van der Waals surface area contributed by atoms with Crippen molar-refractivity contribution in [2.75, 3.05) is 0 Å². The Morgan fingerprint density at radius 3 is 2.63 bits per heavy atom. The maximum Gasteiger partial charge on any atom is 0.174 e. The van der Waals surface area contributed by atoms with E-state index in [-0.39, 0.29) is 0 Å². The molecule has 0 aliphatic rings. The number of nitrogens with one attached hydrogen (secondary N) is 1. The fourth-order valence-corrected chi connectivity index (χ4v) is 2.46. The molecule has 92 valence electrons. The van der Waals surface area contributed by atoms with Crippen LogP contribution >= 0.6 is 0 Å². The zero-order valence-corrected chi connectivity index (χ0v) is 10.5. The highest BCUT2D eigenvalue weighted by Gasteiger charge is 2.15. The first-order valence-electron chi connectivity index (χ1n) is 6.26. The third-order valence-corrected chi connectivity index (χ3v) is 3.45. The molecular formula is C16H12N2O. The van der Waals surface area contributed by atoms with E-state index in [2.05, 4.69) is 23.0 Å². The second-order valence-electron chi connectivity index (χ2n) is 4.65. The van der Waals surface area contributed by atoms with Crippen LogP contribution in [0.1, 0.15) is 5.56 Å². The summed E-state index contributed by atoms with van der Waals surface area (Å²) in [5.41, 5.74) is 4.00. The van der Waals surface area contributed by atoms with Gasteiger partial charge in [-0.3, -0.25) is 0 Å². The number of aryl methyl sites for hydroxylation is 1. The molecule has 2 aromatic heterocycles. The highest BCUT2D eigenvalue weighted by atomic mass is 16.3. The number of imidazole rings is 1. The molecule has 3 heteroatoms. The summed E-state index contributed by atoms with van der Waals surface area (Å²) in [5, 5.41) is 1.14. The van der Waals surface area contributed by atoms with E-state index >= 15 is 0 Å². The molecule has 0 aliphatic carbocycles. The standard InChI is InChI=1S/C16H12N2O/c1-10-11-6-2-5-9-14(11)19-15(10)16-17-12-7-3-4-8-13(12)18-16/h2-9H,1H3,(H,17,18). The highest BCUT2D eigenvalue weighted by Crippen LogP contribution is 2.32. The van der Waals surface area contributed by atoms with Crippen LogP contribution in [0.4, 0.5) is 0 Å². The number of fused-ring (bicyclic) bond motifs is 2. The Balaban J connectivity index is 2.01. The van der Waals surface area contributed by atoms with Crippen molar-refractivity contribution < 1.29 is 4.42 Å². The minimum Gasteiger partial charge on any atom is -0.453 e. The first kappa shape index (κ1) is 10.4. The molecule has 0 saturated heterocycles. The Morgan fingerprint density at radius 2 is 1.79 bits per heavy atom. The molecule has 0 unspecified atom stereocenters. The average Bonchev–Trinajstić information content (AvgIpc) is 3.00. The van der Waals surface area contributed by atoms with Crippen molar-refractivity contribution in [3.8, 4) is 11.6 Å². The van der Waals surface area contributed by atoms with E-state index in [1.165, 1.54) is 0 Å². The molecule has 2 aromatic carbocycles. The Morgan fingerprint density at radius 1 is 1.00 bits per heavy atom. The van der Waals surface area contributed by atoms with Gasteiger partial charge in [0.05, 0.1) is 11.0 Å². The third-order valence-electron chi connectivity index (χ3n) is 3.45. The van der Waals surface area contributed by atoms with E-state index in [9.17, 15) is 0 Å². The summed E-state index contributed by atoms with van der Waals surface area (Å²) in [6.07, 6.45) is 0. The van der Waals surface area contributed by atoms with Gasteiger partial charge in [-0.2, -0.15) is 0 Å². The quantitative estimate of drug-likeness (QED) is 0.546. The Hall–Kier alpha value is -2.55. The maximum absolute atomic E-state index is 5.92. The molecule has 0 bridgehead atoms. The van der Waals surface area contributed by atoms with Crippen LogP contribution in [0.3, 0.4) is 0 Å². The molecule has 2 heterocycles. The zero-order chi connectivity index (χ0) is 12.8. The first-order valence-corrected chi connectivity index (χ1v) is 6.26. The molecule has 3 nitrogen and oxygen atoms in total. The van der Waals surface area contributed by atoms with Crippen molar-refractivity contribution in [3.63, 3.8) is 0 Å². The molecule has 0 saturated carbocycles. The van der Waals surface area contributed by atoms with Crippen LogP contribution in [0.5, 0.6) is 0 Å². The summed E-state index contributed by atoms with van der Waals surface area (Å²) in [7, 11) is 0. The van der Waals surface area contributed by atoms with E-state index < -0.39 is 0 Å². The van der Waals surface area contributed by atoms with Gasteiger partial charge in [0.2, 0.25) is 0 Å². The summed E-state index contributed by atoms with van der Waals surface area (Å²) >= 11 is 0. The summed E-state index contributed by atoms with van der Waals surface area (Å²) in [4.78, 5) is 7.90. The largest absolute Gasteiger partial charge is 0.453 e. The predicted molar refractivity (Wildman–Crippen MR) is 76.0 cm³/mol. The van der Waals surface area contributed by atoms with Crippen LogP contribution in [0.25, 0.3) is 33.6 Å². The highest BCUT2D eigenvalue weighted by molar-refractivity contribution is 5.88. The van der Waals surface area contributed by atoms with Crippen molar-refractivity contribution in [1.29, 1.82) is 0 Å². The summed E-state index contributed by atoms with van der Waals surface area (Å²) in [6, 6.07) is 16.0. The number of benzene rings is 2. The van der Waals surface area contributed by atoms with Gasteiger partial charge in [0.15, 0.2) is 11.6 Å². The Kier molecular flexibility index (Phi) is 2.03. The second-order valence-corrected chi connectivity index (χ2v) is 4.65. The van der Waals surface area contributed by atoms with Crippen LogP contribution < -0.4 is 0 Å². The number of nitrogens with zero attached hydrogens (tertiary/aromatic N) is 1. The number of para-hydroxylation sites is 3. The summed E-state index contributed by atoms with van der Waals surface area (Å²) < 4.78 is 5.92. The SMILES string of the molecule is Cc1c(-c2nc3ccccc3[nH]2)oc2ccccc12. The number of aromatic nitrogens is 2. The molecule has 0 amide bonds. The van der Waals surface area contributed by atoms with Crippen molar-refractivity contribution in [1.82, 2.24) is 9.97 Å². The van der Waals surface area contributed by atoms with Gasteiger partial charge in [0.1, 0.15) is 5.58 Å². The van der Waals surface area contributed by atoms with E-state index in [1.54, 1.807) is 0 Å². The van der Waals surface area contributed by atoms with Crippen LogP contribution in [0.2, 0.25) is 0 Å². The fraction of sp³-hybridized carbons (Fsp3) is 0.0625. The number of hydrogen-bond acceptors (Lipinski definition) is 2. The van der Waals surface area contributed by atoms with Gasteiger partial charge in [-0.05, 0) is 25.1 Å². The molecule has 0 aliphatic heterocycles. The molecule has 4 rings (SSSR count). The van der Waals surface area contributed by atoms with Gasteiger partial charge in [-0.15, -0.1) is 0 Å². The monoisotopic (exact) mass is 248 g/mol. The van der Waals surface area contributed by atoms with Crippen molar-refractivity contribution in [3.05, 3.63) is 54.1 Å². The molecule has 4 aromatic rings. The summed E-state index contributed by atoms with van der Waals surface area (Å²) in [6.45, 7) is 2.06. The lowest BCUT2D eigenvalue weighted by atomic mass is 10.1. The van der Waals surface area contributed by atoms with E-state index in [4.69, 9.17) is 4.42 Å². The minimum atomic E-state index is 0.787. The predicted octanol–water partition coefficient (Wildman–Crippen LogP) is 4.28. The van der Waals surface area contributed by atoms with Gasteiger partial charge in [0, 0.05) is 10.9 Å². The van der Waals surface area contributed by atoms with Gasteiger partial charge in [-0.1, -0.05) is 30.3 Å². The molecule has 0 radical (unpaired) electrons. The van der Waals surface area contributed by atoms with E-state index in [0.29, 0.717) is 0 Å². The zero-order valence-electron chi connectivity index (χ0n) is 10.5. The molecule has 0 atom stereocenters. The van der Waals surface area contributed by atoms with Crippen LogP contribution in [0.15, 0.2) is 52.9 Å². The molecule has 0 fully saturated rings. The number of aromatic amines is 1. The van der Waals surface area contributed by atoms with Gasteiger partial charge in [0.25, 0.3) is 0 Å². The average molecular weight is 248 g/mol. The van der Waals surface area contributed by atoms with Crippen LogP contribution in [0, 0.1) is 6.92 Å². The van der Waals surface area contributed by atoms with Crippen molar-refractivity contribution >= 4 is 22.0 Å². The van der Waals surface area contributed by atoms with Crippen LogP contribution in [-0.4, -0.2) is 9.97 Å². The van der Waals surface area contributed by atoms with Gasteiger partial charge in [-0.25, -0.2) is 4.98 Å². The lowest BCUT2D eigenvalue weighted by Crippen LogP contribution is -1.79. The second kappa shape index (κ2) is 3.72. The topological polar surface area (TPSA) is 41.8 Å². The van der Waals surface area contributed by atoms with Crippen molar-refractivity contribution in [2.45, 2.75) is 6.92 Å². The molecule has 1 N–H and O–H groups in total. The first-order chi connectivity index (χ1) is 9.33.